The predicted molar refractivity (Wildman–Crippen MR) is 74.7 cm³/mol. The summed E-state index contributed by atoms with van der Waals surface area (Å²) in [5, 5.41) is 6.74. The second kappa shape index (κ2) is 5.81. The number of piperidine rings is 1. The van der Waals surface area contributed by atoms with E-state index in [1.54, 1.807) is 6.92 Å². The van der Waals surface area contributed by atoms with E-state index < -0.39 is 10.0 Å². The van der Waals surface area contributed by atoms with E-state index in [-0.39, 0.29) is 10.9 Å². The van der Waals surface area contributed by atoms with E-state index in [4.69, 9.17) is 11.6 Å². The van der Waals surface area contributed by atoms with Crippen molar-refractivity contribution in [2.45, 2.75) is 44.0 Å². The third-order valence-corrected chi connectivity index (χ3v) is 6.04. The minimum Gasteiger partial charge on any atom is -0.281 e. The number of aromatic nitrogens is 2. The van der Waals surface area contributed by atoms with E-state index in [1.807, 2.05) is 0 Å². The van der Waals surface area contributed by atoms with Crippen LogP contribution in [0.15, 0.2) is 5.03 Å². The molecule has 2 rings (SSSR count). The van der Waals surface area contributed by atoms with Gasteiger partial charge in [0.2, 0.25) is 0 Å². The van der Waals surface area contributed by atoms with Crippen molar-refractivity contribution < 1.29 is 8.42 Å². The lowest BCUT2D eigenvalue weighted by molar-refractivity contribution is 0.268. The van der Waals surface area contributed by atoms with Gasteiger partial charge in [0.25, 0.3) is 10.0 Å². The first-order valence-corrected chi connectivity index (χ1v) is 8.58. The second-order valence-corrected chi connectivity index (χ2v) is 7.14. The molecule has 2 heterocycles. The third kappa shape index (κ3) is 2.80. The van der Waals surface area contributed by atoms with Crippen LogP contribution >= 0.6 is 11.6 Å². The summed E-state index contributed by atoms with van der Waals surface area (Å²) in [4.78, 5) is 0. The van der Waals surface area contributed by atoms with Gasteiger partial charge in [0.05, 0.1) is 5.88 Å². The van der Waals surface area contributed by atoms with Gasteiger partial charge in [0.15, 0.2) is 5.03 Å². The summed E-state index contributed by atoms with van der Waals surface area (Å²) < 4.78 is 26.7. The molecule has 0 radical (unpaired) electrons. The Morgan fingerprint density at radius 2 is 2.05 bits per heavy atom. The van der Waals surface area contributed by atoms with Crippen molar-refractivity contribution in [3.63, 3.8) is 0 Å². The van der Waals surface area contributed by atoms with Crippen LogP contribution in [0.2, 0.25) is 0 Å². The van der Waals surface area contributed by atoms with Crippen molar-refractivity contribution in [3.05, 3.63) is 11.3 Å². The molecular weight excluding hydrogens is 286 g/mol. The van der Waals surface area contributed by atoms with E-state index in [1.165, 1.54) is 4.31 Å². The van der Waals surface area contributed by atoms with E-state index in [0.29, 0.717) is 24.6 Å². The van der Waals surface area contributed by atoms with Crippen LogP contribution in [0.25, 0.3) is 0 Å². The Hall–Kier alpha value is -0.590. The molecule has 0 aromatic carbocycles. The molecule has 1 aromatic heterocycles. The zero-order valence-corrected chi connectivity index (χ0v) is 12.9. The van der Waals surface area contributed by atoms with Crippen LogP contribution in [0.1, 0.15) is 37.4 Å². The van der Waals surface area contributed by atoms with Crippen molar-refractivity contribution >= 4 is 21.6 Å². The maximum atomic E-state index is 12.6. The normalized spacial score (nSPS) is 18.9. The van der Waals surface area contributed by atoms with Crippen LogP contribution in [-0.4, -0.2) is 36.0 Å². The van der Waals surface area contributed by atoms with Gasteiger partial charge in [-0.15, -0.1) is 11.6 Å². The highest BCUT2D eigenvalue weighted by atomic mass is 35.5. The molecule has 0 spiro atoms. The molecule has 7 heteroatoms. The predicted octanol–water partition coefficient (Wildman–Crippen LogP) is 2.27. The molecular formula is C12H20ClN3O2S. The molecule has 0 amide bonds. The third-order valence-electron chi connectivity index (χ3n) is 3.90. The first-order valence-electron chi connectivity index (χ1n) is 6.60. The number of hydrogen-bond donors (Lipinski definition) is 1. The fourth-order valence-electron chi connectivity index (χ4n) is 2.48. The quantitative estimate of drug-likeness (QED) is 0.868. The smallest absolute Gasteiger partial charge is 0.262 e. The molecule has 108 valence electrons. The minimum absolute atomic E-state index is 0.0925. The van der Waals surface area contributed by atoms with Crippen LogP contribution in [0.4, 0.5) is 0 Å². The molecule has 0 saturated carbocycles. The van der Waals surface area contributed by atoms with E-state index >= 15 is 0 Å². The molecule has 1 N–H and O–H groups in total. The summed E-state index contributed by atoms with van der Waals surface area (Å²) in [7, 11) is -3.51. The Kier molecular flexibility index (Phi) is 4.53. The lowest BCUT2D eigenvalue weighted by Crippen LogP contribution is -2.38. The fraction of sp³-hybridized carbons (Fsp3) is 0.750. The lowest BCUT2D eigenvalue weighted by atomic mass is 9.96. The summed E-state index contributed by atoms with van der Waals surface area (Å²) in [6.45, 7) is 5.09. The number of alkyl halides is 1. The van der Waals surface area contributed by atoms with Crippen LogP contribution in [0.5, 0.6) is 0 Å². The Morgan fingerprint density at radius 1 is 1.42 bits per heavy atom. The van der Waals surface area contributed by atoms with Gasteiger partial charge in [-0.1, -0.05) is 13.3 Å². The van der Waals surface area contributed by atoms with Gasteiger partial charge in [-0.25, -0.2) is 8.42 Å². The molecule has 0 unspecified atom stereocenters. The first kappa shape index (κ1) is 14.8. The summed E-state index contributed by atoms with van der Waals surface area (Å²) >= 11 is 5.83. The lowest BCUT2D eigenvalue weighted by Gasteiger charge is -2.30. The van der Waals surface area contributed by atoms with Gasteiger partial charge in [0.1, 0.15) is 0 Å². The number of H-pyrrole nitrogens is 1. The summed E-state index contributed by atoms with van der Waals surface area (Å²) in [6, 6.07) is 0. The van der Waals surface area contributed by atoms with Gasteiger partial charge in [-0.3, -0.25) is 5.10 Å². The van der Waals surface area contributed by atoms with E-state index in [0.717, 1.165) is 25.0 Å². The highest BCUT2D eigenvalue weighted by Crippen LogP contribution is 2.27. The Morgan fingerprint density at radius 3 is 2.58 bits per heavy atom. The topological polar surface area (TPSA) is 66.1 Å². The molecule has 1 aromatic rings. The molecule has 1 aliphatic rings. The Balaban J connectivity index is 2.23. The van der Waals surface area contributed by atoms with Crippen LogP contribution in [0, 0.1) is 12.8 Å². The van der Waals surface area contributed by atoms with Crippen LogP contribution < -0.4 is 0 Å². The molecule has 0 aliphatic carbocycles. The van der Waals surface area contributed by atoms with Crippen molar-refractivity contribution in [2.24, 2.45) is 5.92 Å². The zero-order chi connectivity index (χ0) is 14.0. The Labute approximate surface area is 119 Å². The first-order chi connectivity index (χ1) is 9.00. The minimum atomic E-state index is -3.51. The highest BCUT2D eigenvalue weighted by molar-refractivity contribution is 7.89. The molecule has 1 aliphatic heterocycles. The fourth-order valence-corrected chi connectivity index (χ4v) is 4.52. The average Bonchev–Trinajstić information content (AvgIpc) is 2.80. The number of sulfonamides is 1. The van der Waals surface area contributed by atoms with Crippen molar-refractivity contribution in [1.29, 1.82) is 0 Å². The SMILES string of the molecule is CCC1CCN(S(=O)(=O)c2n[nH]c(C)c2CCl)CC1. The van der Waals surface area contributed by atoms with Crippen LogP contribution in [-0.2, 0) is 15.9 Å². The molecule has 0 bridgehead atoms. The standard InChI is InChI=1S/C12H20ClN3O2S/c1-3-10-4-6-16(7-5-10)19(17,18)12-11(8-13)9(2)14-15-12/h10H,3-8H2,1-2H3,(H,14,15). The summed E-state index contributed by atoms with van der Waals surface area (Å²) in [5.74, 6) is 0.794. The number of aromatic amines is 1. The van der Waals surface area contributed by atoms with Gasteiger partial charge in [-0.05, 0) is 25.7 Å². The number of rotatable bonds is 4. The molecule has 0 atom stereocenters. The maximum Gasteiger partial charge on any atom is 0.262 e. The van der Waals surface area contributed by atoms with Gasteiger partial charge in [0, 0.05) is 24.3 Å². The largest absolute Gasteiger partial charge is 0.281 e. The second-order valence-electron chi connectivity index (χ2n) is 5.02. The zero-order valence-electron chi connectivity index (χ0n) is 11.3. The molecule has 1 saturated heterocycles. The number of aryl methyl sites for hydroxylation is 1. The average molecular weight is 306 g/mol. The number of hydrogen-bond acceptors (Lipinski definition) is 3. The number of halogens is 1. The monoisotopic (exact) mass is 305 g/mol. The van der Waals surface area contributed by atoms with Crippen molar-refractivity contribution in [2.75, 3.05) is 13.1 Å². The van der Waals surface area contributed by atoms with Gasteiger partial charge < -0.3 is 0 Å². The van der Waals surface area contributed by atoms with Gasteiger partial charge >= 0.3 is 0 Å². The summed E-state index contributed by atoms with van der Waals surface area (Å²) in [6.07, 6.45) is 2.97. The van der Waals surface area contributed by atoms with E-state index in [2.05, 4.69) is 17.1 Å². The molecule has 19 heavy (non-hydrogen) atoms. The Bertz CT molecular complexity index is 533. The maximum absolute atomic E-state index is 12.6. The molecule has 5 nitrogen and oxygen atoms in total. The van der Waals surface area contributed by atoms with Crippen LogP contribution in [0.3, 0.4) is 0 Å². The number of nitrogens with zero attached hydrogens (tertiary/aromatic N) is 2. The van der Waals surface area contributed by atoms with Gasteiger partial charge in [-0.2, -0.15) is 9.40 Å². The van der Waals surface area contributed by atoms with E-state index in [9.17, 15) is 8.42 Å². The molecule has 1 fully saturated rings. The number of nitrogens with one attached hydrogen (secondary N) is 1. The van der Waals surface area contributed by atoms with Crippen molar-refractivity contribution in [1.82, 2.24) is 14.5 Å². The summed E-state index contributed by atoms with van der Waals surface area (Å²) in [5.41, 5.74) is 1.30. The van der Waals surface area contributed by atoms with Crippen molar-refractivity contribution in [3.8, 4) is 0 Å². The highest BCUT2D eigenvalue weighted by Gasteiger charge is 2.32.